The van der Waals surface area contributed by atoms with Gasteiger partial charge in [0.25, 0.3) is 5.91 Å². The van der Waals surface area contributed by atoms with Crippen molar-refractivity contribution in [3.8, 4) is 0 Å². The molecular weight excluding hydrogens is 424 g/mol. The Labute approximate surface area is 193 Å². The predicted molar refractivity (Wildman–Crippen MR) is 120 cm³/mol. The number of amides is 2. The Morgan fingerprint density at radius 1 is 1.15 bits per heavy atom. The number of ether oxygens (including phenoxy) is 2. The Hall–Kier alpha value is -3.36. The smallest absolute Gasteiger partial charge is 0.410 e. The van der Waals surface area contributed by atoms with E-state index in [0.29, 0.717) is 29.9 Å². The second-order valence-corrected chi connectivity index (χ2v) is 9.60. The number of carbonyl (C=O) groups excluding carboxylic acids is 3. The standard InChI is InChI=1S/C24H30N4O5/c1-23(2,3)33-22(31)27-11-12-28-19(15-27)18(14-25-28)20(29)26(4)24(9-10-24)17-8-6-7-16(13-17)21(30)32-5/h6-8,13-14H,9-12,15H2,1-5H3. The van der Waals surface area contributed by atoms with Gasteiger partial charge in [-0.25, -0.2) is 9.59 Å². The SMILES string of the molecule is COC(=O)c1cccc(C2(N(C)C(=O)c3cnn4c3CN(C(=O)OC(C)(C)C)CC4)CC2)c1. The van der Waals surface area contributed by atoms with Crippen LogP contribution in [0.1, 0.15) is 65.6 Å². The number of nitrogens with zero attached hydrogens (tertiary/aromatic N) is 4. The fourth-order valence-corrected chi connectivity index (χ4v) is 4.27. The third-order valence-electron chi connectivity index (χ3n) is 6.24. The lowest BCUT2D eigenvalue weighted by atomic mass is 9.99. The van der Waals surface area contributed by atoms with Crippen LogP contribution in [0.25, 0.3) is 0 Å². The van der Waals surface area contributed by atoms with Gasteiger partial charge in [0.05, 0.1) is 48.8 Å². The minimum absolute atomic E-state index is 0.164. The summed E-state index contributed by atoms with van der Waals surface area (Å²) in [6.07, 6.45) is 2.77. The summed E-state index contributed by atoms with van der Waals surface area (Å²) in [5.74, 6) is -0.571. The molecule has 1 aromatic carbocycles. The van der Waals surface area contributed by atoms with E-state index >= 15 is 0 Å². The van der Waals surface area contributed by atoms with Crippen molar-refractivity contribution in [1.82, 2.24) is 19.6 Å². The van der Waals surface area contributed by atoms with Crippen molar-refractivity contribution in [3.63, 3.8) is 0 Å². The molecule has 1 fully saturated rings. The first-order valence-corrected chi connectivity index (χ1v) is 11.1. The number of esters is 1. The van der Waals surface area contributed by atoms with E-state index in [0.717, 1.165) is 18.4 Å². The molecule has 0 radical (unpaired) electrons. The maximum Gasteiger partial charge on any atom is 0.410 e. The van der Waals surface area contributed by atoms with Crippen LogP contribution in [0.5, 0.6) is 0 Å². The van der Waals surface area contributed by atoms with Crippen molar-refractivity contribution >= 4 is 18.0 Å². The van der Waals surface area contributed by atoms with Crippen LogP contribution in [-0.2, 0) is 28.1 Å². The molecule has 9 nitrogen and oxygen atoms in total. The predicted octanol–water partition coefficient (Wildman–Crippen LogP) is 3.18. The number of hydrogen-bond acceptors (Lipinski definition) is 6. The Morgan fingerprint density at radius 3 is 2.52 bits per heavy atom. The molecule has 2 aliphatic rings. The van der Waals surface area contributed by atoms with Crippen molar-refractivity contribution in [1.29, 1.82) is 0 Å². The number of benzene rings is 1. The van der Waals surface area contributed by atoms with E-state index in [1.165, 1.54) is 7.11 Å². The number of fused-ring (bicyclic) bond motifs is 1. The molecule has 2 heterocycles. The zero-order chi connectivity index (χ0) is 24.0. The van der Waals surface area contributed by atoms with Gasteiger partial charge in [-0.3, -0.25) is 9.48 Å². The van der Waals surface area contributed by atoms with Crippen LogP contribution in [-0.4, -0.2) is 63.9 Å². The monoisotopic (exact) mass is 454 g/mol. The third-order valence-corrected chi connectivity index (χ3v) is 6.24. The quantitative estimate of drug-likeness (QED) is 0.659. The van der Waals surface area contributed by atoms with Crippen molar-refractivity contribution < 1.29 is 23.9 Å². The molecule has 0 N–H and O–H groups in total. The number of carbonyl (C=O) groups is 3. The molecule has 1 aliphatic heterocycles. The van der Waals surface area contributed by atoms with E-state index in [4.69, 9.17) is 9.47 Å². The van der Waals surface area contributed by atoms with Gasteiger partial charge in [0, 0.05) is 13.6 Å². The highest BCUT2D eigenvalue weighted by atomic mass is 16.6. The topological polar surface area (TPSA) is 94.0 Å². The molecule has 0 atom stereocenters. The summed E-state index contributed by atoms with van der Waals surface area (Å²) in [4.78, 5) is 41.4. The van der Waals surface area contributed by atoms with Crippen LogP contribution in [0, 0.1) is 0 Å². The van der Waals surface area contributed by atoms with Gasteiger partial charge < -0.3 is 19.3 Å². The normalized spacial score (nSPS) is 16.6. The van der Waals surface area contributed by atoms with Gasteiger partial charge in [0.15, 0.2) is 0 Å². The maximum atomic E-state index is 13.6. The second-order valence-electron chi connectivity index (χ2n) is 9.60. The minimum Gasteiger partial charge on any atom is -0.465 e. The number of aromatic nitrogens is 2. The van der Waals surface area contributed by atoms with E-state index in [2.05, 4.69) is 5.10 Å². The van der Waals surface area contributed by atoms with Crippen LogP contribution >= 0.6 is 0 Å². The van der Waals surface area contributed by atoms with Crippen LogP contribution in [0.2, 0.25) is 0 Å². The lowest BCUT2D eigenvalue weighted by Gasteiger charge is -2.32. The van der Waals surface area contributed by atoms with E-state index < -0.39 is 23.2 Å². The summed E-state index contributed by atoms with van der Waals surface area (Å²) in [5, 5.41) is 4.38. The highest BCUT2D eigenvalue weighted by molar-refractivity contribution is 5.96. The number of methoxy groups -OCH3 is 1. The van der Waals surface area contributed by atoms with Gasteiger partial charge in [-0.15, -0.1) is 0 Å². The van der Waals surface area contributed by atoms with Crippen LogP contribution in [0.15, 0.2) is 30.5 Å². The van der Waals surface area contributed by atoms with Gasteiger partial charge in [-0.05, 0) is 51.3 Å². The van der Waals surface area contributed by atoms with Gasteiger partial charge in [0.1, 0.15) is 5.60 Å². The van der Waals surface area contributed by atoms with Crippen molar-refractivity contribution in [3.05, 3.63) is 52.8 Å². The van der Waals surface area contributed by atoms with E-state index in [9.17, 15) is 14.4 Å². The molecule has 1 aromatic heterocycles. The zero-order valence-electron chi connectivity index (χ0n) is 19.8. The maximum absolute atomic E-state index is 13.6. The molecule has 1 saturated carbocycles. The molecule has 0 spiro atoms. The fourth-order valence-electron chi connectivity index (χ4n) is 4.27. The molecule has 33 heavy (non-hydrogen) atoms. The summed E-state index contributed by atoms with van der Waals surface area (Å²) < 4.78 is 12.1. The van der Waals surface area contributed by atoms with Crippen LogP contribution in [0.4, 0.5) is 4.79 Å². The van der Waals surface area contributed by atoms with Gasteiger partial charge in [0.2, 0.25) is 0 Å². The van der Waals surface area contributed by atoms with Gasteiger partial charge in [-0.2, -0.15) is 5.10 Å². The van der Waals surface area contributed by atoms with E-state index in [1.54, 1.807) is 45.9 Å². The average molecular weight is 455 g/mol. The third kappa shape index (κ3) is 4.31. The first-order valence-electron chi connectivity index (χ1n) is 11.1. The zero-order valence-corrected chi connectivity index (χ0v) is 19.8. The van der Waals surface area contributed by atoms with Gasteiger partial charge >= 0.3 is 12.1 Å². The first kappa shape index (κ1) is 22.8. The molecule has 0 bridgehead atoms. The molecule has 2 amide bonds. The largest absolute Gasteiger partial charge is 0.465 e. The van der Waals surface area contributed by atoms with Crippen molar-refractivity contribution in [2.75, 3.05) is 20.7 Å². The number of hydrogen-bond donors (Lipinski definition) is 0. The molecule has 2 aromatic rings. The molecule has 0 saturated heterocycles. The first-order chi connectivity index (χ1) is 15.6. The molecule has 9 heteroatoms. The van der Waals surface area contributed by atoms with Gasteiger partial charge in [-0.1, -0.05) is 12.1 Å². The fraction of sp³-hybridized carbons (Fsp3) is 0.500. The summed E-state index contributed by atoms with van der Waals surface area (Å²) in [6, 6.07) is 7.23. The van der Waals surface area contributed by atoms with Crippen molar-refractivity contribution in [2.45, 2.75) is 57.8 Å². The van der Waals surface area contributed by atoms with Crippen LogP contribution in [0.3, 0.4) is 0 Å². The van der Waals surface area contributed by atoms with E-state index in [-0.39, 0.29) is 12.5 Å². The summed E-state index contributed by atoms with van der Waals surface area (Å²) in [7, 11) is 3.13. The summed E-state index contributed by atoms with van der Waals surface area (Å²) >= 11 is 0. The minimum atomic E-state index is -0.593. The summed E-state index contributed by atoms with van der Waals surface area (Å²) in [6.45, 7) is 6.71. The van der Waals surface area contributed by atoms with E-state index in [1.807, 2.05) is 26.8 Å². The second kappa shape index (κ2) is 8.20. The molecule has 0 unspecified atom stereocenters. The Morgan fingerprint density at radius 2 is 1.88 bits per heavy atom. The molecule has 1 aliphatic carbocycles. The Kier molecular flexibility index (Phi) is 5.67. The van der Waals surface area contributed by atoms with Crippen LogP contribution < -0.4 is 0 Å². The number of rotatable bonds is 4. The van der Waals surface area contributed by atoms with Crippen molar-refractivity contribution in [2.24, 2.45) is 0 Å². The molecule has 176 valence electrons. The summed E-state index contributed by atoms with van der Waals surface area (Å²) in [5.41, 5.74) is 1.46. The lowest BCUT2D eigenvalue weighted by molar-refractivity contribution is 0.0192. The molecule has 4 rings (SSSR count). The molecular formula is C24H30N4O5. The Bertz CT molecular complexity index is 1100. The highest BCUT2D eigenvalue weighted by Crippen LogP contribution is 2.51. The highest BCUT2D eigenvalue weighted by Gasteiger charge is 2.50. The Balaban J connectivity index is 1.56. The average Bonchev–Trinajstić information content (AvgIpc) is 3.49. The lowest BCUT2D eigenvalue weighted by Crippen LogP contribution is -2.43.